The Bertz CT molecular complexity index is 298. The third-order valence-electron chi connectivity index (χ3n) is 2.66. The number of pyridine rings is 1. The molecule has 1 aromatic rings. The van der Waals surface area contributed by atoms with Gasteiger partial charge in [0.2, 0.25) is 0 Å². The van der Waals surface area contributed by atoms with Crippen molar-refractivity contribution in [1.29, 1.82) is 0 Å². The number of anilines is 2. The third-order valence-corrected chi connectivity index (χ3v) is 2.66. The first-order valence-corrected chi connectivity index (χ1v) is 4.71. The highest BCUT2D eigenvalue weighted by Gasteiger charge is 2.17. The number of nitrogens with zero attached hydrogens (tertiary/aromatic N) is 2. The molecule has 1 atom stereocenters. The number of nitrogens with one attached hydrogen (secondary N) is 1. The average molecular weight is 177 g/mol. The van der Waals surface area contributed by atoms with Gasteiger partial charge in [-0.1, -0.05) is 0 Å². The summed E-state index contributed by atoms with van der Waals surface area (Å²) in [6.07, 6.45) is 3.00. The quantitative estimate of drug-likeness (QED) is 0.654. The molecule has 1 aliphatic heterocycles. The van der Waals surface area contributed by atoms with Crippen molar-refractivity contribution >= 4 is 11.5 Å². The van der Waals surface area contributed by atoms with E-state index in [1.54, 1.807) is 0 Å². The highest BCUT2D eigenvalue weighted by Crippen LogP contribution is 2.26. The zero-order valence-electron chi connectivity index (χ0n) is 8.12. The van der Waals surface area contributed by atoms with E-state index in [1.165, 1.54) is 0 Å². The summed E-state index contributed by atoms with van der Waals surface area (Å²) in [6, 6.07) is 4.61. The molecule has 0 amide bonds. The molecular formula is C10H15N3. The van der Waals surface area contributed by atoms with Crippen LogP contribution in [0.2, 0.25) is 0 Å². The Balaban J connectivity index is 2.40. The third kappa shape index (κ3) is 1.46. The minimum absolute atomic E-state index is 0.559. The lowest BCUT2D eigenvalue weighted by Crippen LogP contribution is -2.28. The first kappa shape index (κ1) is 8.35. The molecule has 0 saturated carbocycles. The Morgan fingerprint density at radius 1 is 1.62 bits per heavy atom. The van der Waals surface area contributed by atoms with Gasteiger partial charge in [0.25, 0.3) is 0 Å². The van der Waals surface area contributed by atoms with E-state index >= 15 is 0 Å². The molecule has 1 aliphatic rings. The van der Waals surface area contributed by atoms with E-state index in [0.717, 1.165) is 24.5 Å². The second kappa shape index (κ2) is 3.24. The molecule has 1 N–H and O–H groups in total. The Morgan fingerprint density at radius 2 is 2.46 bits per heavy atom. The number of fused-ring (bicyclic) bond motifs is 1. The molecule has 1 unspecified atom stereocenters. The van der Waals surface area contributed by atoms with Crippen molar-refractivity contribution < 1.29 is 0 Å². The predicted molar refractivity (Wildman–Crippen MR) is 55.2 cm³/mol. The van der Waals surface area contributed by atoms with Crippen LogP contribution in [0.3, 0.4) is 0 Å². The Labute approximate surface area is 78.8 Å². The molecular weight excluding hydrogens is 162 g/mol. The maximum atomic E-state index is 4.37. The Morgan fingerprint density at radius 3 is 3.31 bits per heavy atom. The minimum atomic E-state index is 0.559. The molecule has 13 heavy (non-hydrogen) atoms. The van der Waals surface area contributed by atoms with E-state index in [1.807, 2.05) is 12.3 Å². The lowest BCUT2D eigenvalue weighted by molar-refractivity contribution is 0.652. The number of hydrogen-bond donors (Lipinski definition) is 1. The van der Waals surface area contributed by atoms with Gasteiger partial charge in [0.15, 0.2) is 5.82 Å². The van der Waals surface area contributed by atoms with Gasteiger partial charge in [0.05, 0.1) is 5.69 Å². The summed E-state index contributed by atoms with van der Waals surface area (Å²) in [5, 5.41) is 3.38. The first-order valence-electron chi connectivity index (χ1n) is 4.71. The van der Waals surface area contributed by atoms with Crippen LogP contribution < -0.4 is 10.2 Å². The second-order valence-electron chi connectivity index (χ2n) is 3.55. The van der Waals surface area contributed by atoms with Gasteiger partial charge < -0.3 is 10.2 Å². The van der Waals surface area contributed by atoms with Crippen molar-refractivity contribution in [2.24, 2.45) is 0 Å². The molecule has 0 fully saturated rings. The van der Waals surface area contributed by atoms with Crippen LogP contribution >= 0.6 is 0 Å². The van der Waals surface area contributed by atoms with Crippen molar-refractivity contribution in [1.82, 2.24) is 4.98 Å². The summed E-state index contributed by atoms with van der Waals surface area (Å²) in [6.45, 7) is 3.26. The topological polar surface area (TPSA) is 28.2 Å². The van der Waals surface area contributed by atoms with Crippen LogP contribution in [0.25, 0.3) is 0 Å². The van der Waals surface area contributed by atoms with Crippen LogP contribution in [0.1, 0.15) is 13.3 Å². The monoisotopic (exact) mass is 177 g/mol. The van der Waals surface area contributed by atoms with Crippen molar-refractivity contribution in [3.63, 3.8) is 0 Å². The summed E-state index contributed by atoms with van der Waals surface area (Å²) in [5.74, 6) is 1.06. The summed E-state index contributed by atoms with van der Waals surface area (Å²) in [5.41, 5.74) is 1.15. The van der Waals surface area contributed by atoms with E-state index in [9.17, 15) is 0 Å². The molecule has 0 aromatic carbocycles. The molecule has 0 radical (unpaired) electrons. The van der Waals surface area contributed by atoms with E-state index in [4.69, 9.17) is 0 Å². The summed E-state index contributed by atoms with van der Waals surface area (Å²) in [4.78, 5) is 6.61. The van der Waals surface area contributed by atoms with Gasteiger partial charge in [-0.15, -0.1) is 0 Å². The second-order valence-corrected chi connectivity index (χ2v) is 3.55. The molecule has 70 valence electrons. The normalized spacial score (nSPS) is 21.7. The predicted octanol–water partition coefficient (Wildman–Crippen LogP) is 1.72. The molecule has 2 heterocycles. The largest absolute Gasteiger partial charge is 0.382 e. The maximum Gasteiger partial charge on any atom is 0.151 e. The van der Waals surface area contributed by atoms with Gasteiger partial charge in [0.1, 0.15) is 0 Å². The van der Waals surface area contributed by atoms with Crippen LogP contribution in [-0.4, -0.2) is 24.6 Å². The number of hydrogen-bond acceptors (Lipinski definition) is 3. The van der Waals surface area contributed by atoms with Gasteiger partial charge in [0, 0.05) is 25.8 Å². The molecule has 0 bridgehead atoms. The smallest absolute Gasteiger partial charge is 0.151 e. The minimum Gasteiger partial charge on any atom is -0.382 e. The SMILES string of the molecule is CC1CCNc2cccnc2N1C. The van der Waals surface area contributed by atoms with Crippen molar-refractivity contribution in [2.45, 2.75) is 19.4 Å². The first-order chi connectivity index (χ1) is 6.29. The van der Waals surface area contributed by atoms with Gasteiger partial charge in [-0.25, -0.2) is 4.98 Å². The van der Waals surface area contributed by atoms with Crippen LogP contribution in [0, 0.1) is 0 Å². The summed E-state index contributed by atoms with van der Waals surface area (Å²) in [7, 11) is 2.10. The fourth-order valence-corrected chi connectivity index (χ4v) is 1.63. The molecule has 3 heteroatoms. The van der Waals surface area contributed by atoms with Crippen molar-refractivity contribution in [3.05, 3.63) is 18.3 Å². The van der Waals surface area contributed by atoms with Gasteiger partial charge in [-0.05, 0) is 25.5 Å². The van der Waals surface area contributed by atoms with Crippen LogP contribution in [0.15, 0.2) is 18.3 Å². The van der Waals surface area contributed by atoms with E-state index in [-0.39, 0.29) is 0 Å². The standard InChI is InChI=1S/C10H15N3/c1-8-5-7-11-9-4-3-6-12-10(9)13(8)2/h3-4,6,8,11H,5,7H2,1-2H3. The number of aromatic nitrogens is 1. The van der Waals surface area contributed by atoms with E-state index in [2.05, 4.69) is 35.2 Å². The van der Waals surface area contributed by atoms with Crippen molar-refractivity contribution in [3.8, 4) is 0 Å². The molecule has 1 aromatic heterocycles. The maximum absolute atomic E-state index is 4.37. The zero-order chi connectivity index (χ0) is 9.26. The lowest BCUT2D eigenvalue weighted by Gasteiger charge is -2.23. The van der Waals surface area contributed by atoms with E-state index in [0.29, 0.717) is 6.04 Å². The zero-order valence-corrected chi connectivity index (χ0v) is 8.12. The van der Waals surface area contributed by atoms with Crippen LogP contribution in [0.4, 0.5) is 11.5 Å². The lowest BCUT2D eigenvalue weighted by atomic mass is 10.2. The number of rotatable bonds is 0. The summed E-state index contributed by atoms with van der Waals surface area (Å²) < 4.78 is 0. The summed E-state index contributed by atoms with van der Waals surface area (Å²) >= 11 is 0. The molecule has 3 nitrogen and oxygen atoms in total. The fraction of sp³-hybridized carbons (Fsp3) is 0.500. The van der Waals surface area contributed by atoms with E-state index < -0.39 is 0 Å². The van der Waals surface area contributed by atoms with Crippen LogP contribution in [0.5, 0.6) is 0 Å². The van der Waals surface area contributed by atoms with Gasteiger partial charge in [-0.2, -0.15) is 0 Å². The Hall–Kier alpha value is -1.25. The van der Waals surface area contributed by atoms with Gasteiger partial charge in [-0.3, -0.25) is 0 Å². The highest BCUT2D eigenvalue weighted by atomic mass is 15.2. The Kier molecular flexibility index (Phi) is 2.08. The van der Waals surface area contributed by atoms with Gasteiger partial charge >= 0.3 is 0 Å². The molecule has 0 aliphatic carbocycles. The molecule has 2 rings (SSSR count). The fourth-order valence-electron chi connectivity index (χ4n) is 1.63. The average Bonchev–Trinajstić information content (AvgIpc) is 2.29. The highest BCUT2D eigenvalue weighted by molar-refractivity contribution is 5.66. The molecule has 0 saturated heterocycles. The molecule has 0 spiro atoms. The van der Waals surface area contributed by atoms with Crippen molar-refractivity contribution in [2.75, 3.05) is 23.8 Å². The van der Waals surface area contributed by atoms with Crippen LogP contribution in [-0.2, 0) is 0 Å².